The lowest BCUT2D eigenvalue weighted by molar-refractivity contribution is 0.164. The zero-order chi connectivity index (χ0) is 13.7. The van der Waals surface area contributed by atoms with Crippen molar-refractivity contribution >= 4 is 5.95 Å². The second-order valence-electron chi connectivity index (χ2n) is 4.71. The topological polar surface area (TPSA) is 50.3 Å². The maximum absolute atomic E-state index is 13.2. The van der Waals surface area contributed by atoms with Gasteiger partial charge in [0.05, 0.1) is 13.3 Å². The van der Waals surface area contributed by atoms with E-state index in [0.717, 1.165) is 25.8 Å². The predicted molar refractivity (Wildman–Crippen MR) is 71.9 cm³/mol. The van der Waals surface area contributed by atoms with Crippen LogP contribution in [0, 0.1) is 5.82 Å². The van der Waals surface area contributed by atoms with Crippen molar-refractivity contribution in [2.24, 2.45) is 0 Å². The molecule has 2 heterocycles. The highest BCUT2D eigenvalue weighted by atomic mass is 19.1. The van der Waals surface area contributed by atoms with Crippen LogP contribution in [0.4, 0.5) is 10.3 Å². The Labute approximate surface area is 113 Å². The fourth-order valence-electron chi connectivity index (χ4n) is 2.50. The number of aromatic nitrogens is 2. The van der Waals surface area contributed by atoms with Crippen molar-refractivity contribution in [2.45, 2.75) is 32.2 Å². The Morgan fingerprint density at radius 3 is 3.11 bits per heavy atom. The van der Waals surface area contributed by atoms with E-state index in [1.165, 1.54) is 26.4 Å². The molecule has 1 fully saturated rings. The van der Waals surface area contributed by atoms with Crippen molar-refractivity contribution < 1.29 is 9.13 Å². The van der Waals surface area contributed by atoms with E-state index in [-0.39, 0.29) is 5.88 Å². The third-order valence-corrected chi connectivity index (χ3v) is 3.56. The molecule has 0 saturated carbocycles. The molecule has 1 aliphatic heterocycles. The molecule has 1 aromatic heterocycles. The number of halogens is 1. The van der Waals surface area contributed by atoms with Crippen molar-refractivity contribution in [2.75, 3.05) is 32.1 Å². The number of likely N-dealkylation sites (N-methyl/N-ethyl adjacent to an activating group) is 1. The first-order chi connectivity index (χ1) is 9.24. The molecule has 0 spiro atoms. The summed E-state index contributed by atoms with van der Waals surface area (Å²) in [5, 5.41) is 3.17. The van der Waals surface area contributed by atoms with Crippen LogP contribution in [0.3, 0.4) is 0 Å². The van der Waals surface area contributed by atoms with E-state index in [2.05, 4.69) is 27.1 Å². The molecule has 5 nitrogen and oxygen atoms in total. The van der Waals surface area contributed by atoms with Gasteiger partial charge in [0.2, 0.25) is 11.8 Å². The van der Waals surface area contributed by atoms with Crippen LogP contribution in [0.25, 0.3) is 0 Å². The van der Waals surface area contributed by atoms with Gasteiger partial charge in [-0.1, -0.05) is 13.3 Å². The molecule has 1 unspecified atom stereocenters. The molecule has 106 valence electrons. The fraction of sp³-hybridized carbons (Fsp3) is 0.692. The predicted octanol–water partition coefficient (Wildman–Crippen LogP) is 1.91. The van der Waals surface area contributed by atoms with Crippen LogP contribution in [0.2, 0.25) is 0 Å². The standard InChI is InChI=1S/C13H21FN4O/c1-3-18-7-5-4-6-10(18)8-15-13-16-9-11(14)12(17-13)19-2/h9-10H,3-8H2,1-2H3,(H,15,16,17). The Hall–Kier alpha value is -1.43. The minimum absolute atomic E-state index is 0.0199. The summed E-state index contributed by atoms with van der Waals surface area (Å²) in [5.41, 5.74) is 0. The number of methoxy groups -OCH3 is 1. The zero-order valence-corrected chi connectivity index (χ0v) is 11.5. The van der Waals surface area contributed by atoms with Crippen molar-refractivity contribution in [3.8, 4) is 5.88 Å². The Balaban J connectivity index is 1.94. The molecule has 0 aliphatic carbocycles. The fourth-order valence-corrected chi connectivity index (χ4v) is 2.50. The highest BCUT2D eigenvalue weighted by Gasteiger charge is 2.20. The number of hydrogen-bond donors (Lipinski definition) is 1. The van der Waals surface area contributed by atoms with E-state index in [9.17, 15) is 4.39 Å². The van der Waals surface area contributed by atoms with Crippen molar-refractivity contribution in [1.29, 1.82) is 0 Å². The van der Waals surface area contributed by atoms with Gasteiger partial charge in [-0.3, -0.25) is 4.90 Å². The van der Waals surface area contributed by atoms with E-state index in [1.807, 2.05) is 0 Å². The second-order valence-corrected chi connectivity index (χ2v) is 4.71. The molecular formula is C13H21FN4O. The average molecular weight is 268 g/mol. The number of piperidine rings is 1. The molecule has 1 atom stereocenters. The molecule has 1 aliphatic rings. The van der Waals surface area contributed by atoms with Gasteiger partial charge in [0.25, 0.3) is 5.88 Å². The highest BCUT2D eigenvalue weighted by molar-refractivity contribution is 5.28. The first-order valence-corrected chi connectivity index (χ1v) is 6.79. The smallest absolute Gasteiger partial charge is 0.255 e. The van der Waals surface area contributed by atoms with Gasteiger partial charge in [-0.05, 0) is 25.9 Å². The lowest BCUT2D eigenvalue weighted by atomic mass is 10.0. The largest absolute Gasteiger partial charge is 0.479 e. The van der Waals surface area contributed by atoms with E-state index in [4.69, 9.17) is 4.74 Å². The Kier molecular flexibility index (Phi) is 4.90. The summed E-state index contributed by atoms with van der Waals surface area (Å²) in [6, 6.07) is 0.499. The summed E-state index contributed by atoms with van der Waals surface area (Å²) in [6.07, 6.45) is 4.84. The molecule has 0 radical (unpaired) electrons. The number of nitrogens with one attached hydrogen (secondary N) is 1. The van der Waals surface area contributed by atoms with Gasteiger partial charge in [-0.15, -0.1) is 0 Å². The van der Waals surface area contributed by atoms with Crippen molar-refractivity contribution in [3.63, 3.8) is 0 Å². The summed E-state index contributed by atoms with van der Waals surface area (Å²) in [5.74, 6) is -0.144. The lowest BCUT2D eigenvalue weighted by Gasteiger charge is -2.34. The van der Waals surface area contributed by atoms with Crippen LogP contribution in [-0.2, 0) is 0 Å². The number of rotatable bonds is 5. The van der Waals surface area contributed by atoms with Crippen LogP contribution in [0.5, 0.6) is 5.88 Å². The van der Waals surface area contributed by atoms with Gasteiger partial charge < -0.3 is 10.1 Å². The van der Waals surface area contributed by atoms with E-state index in [1.54, 1.807) is 0 Å². The monoisotopic (exact) mass is 268 g/mol. The first kappa shape index (κ1) is 14.0. The summed E-state index contributed by atoms with van der Waals surface area (Å²) in [7, 11) is 1.40. The molecule has 0 bridgehead atoms. The van der Waals surface area contributed by atoms with Gasteiger partial charge in [0.1, 0.15) is 0 Å². The number of nitrogens with zero attached hydrogens (tertiary/aromatic N) is 3. The Morgan fingerprint density at radius 1 is 1.53 bits per heavy atom. The average Bonchev–Trinajstić information content (AvgIpc) is 2.46. The van der Waals surface area contributed by atoms with E-state index < -0.39 is 5.82 Å². The summed E-state index contributed by atoms with van der Waals surface area (Å²) in [4.78, 5) is 10.4. The third-order valence-electron chi connectivity index (χ3n) is 3.56. The quantitative estimate of drug-likeness (QED) is 0.884. The SMILES string of the molecule is CCN1CCCCC1CNc1ncc(F)c(OC)n1. The van der Waals surface area contributed by atoms with Gasteiger partial charge >= 0.3 is 0 Å². The molecule has 2 rings (SSSR count). The summed E-state index contributed by atoms with van der Waals surface area (Å²) in [6.45, 7) is 5.16. The normalized spacial score (nSPS) is 20.3. The Bertz CT molecular complexity index is 416. The molecule has 0 amide bonds. The van der Waals surface area contributed by atoms with Gasteiger partial charge in [-0.25, -0.2) is 4.98 Å². The van der Waals surface area contributed by atoms with E-state index in [0.29, 0.717) is 12.0 Å². The molecular weight excluding hydrogens is 247 g/mol. The zero-order valence-electron chi connectivity index (χ0n) is 11.5. The molecule has 6 heteroatoms. The van der Waals surface area contributed by atoms with Crippen LogP contribution in [0.1, 0.15) is 26.2 Å². The molecule has 0 aromatic carbocycles. The molecule has 1 aromatic rings. The van der Waals surface area contributed by atoms with Gasteiger partial charge in [-0.2, -0.15) is 9.37 Å². The highest BCUT2D eigenvalue weighted by Crippen LogP contribution is 2.18. The lowest BCUT2D eigenvalue weighted by Crippen LogP contribution is -2.43. The van der Waals surface area contributed by atoms with Crippen molar-refractivity contribution in [3.05, 3.63) is 12.0 Å². The summed E-state index contributed by atoms with van der Waals surface area (Å²) >= 11 is 0. The van der Waals surface area contributed by atoms with Crippen LogP contribution < -0.4 is 10.1 Å². The van der Waals surface area contributed by atoms with E-state index >= 15 is 0 Å². The van der Waals surface area contributed by atoms with Gasteiger partial charge in [0, 0.05) is 12.6 Å². The van der Waals surface area contributed by atoms with Crippen molar-refractivity contribution in [1.82, 2.24) is 14.9 Å². The van der Waals surface area contributed by atoms with Gasteiger partial charge in [0.15, 0.2) is 0 Å². The molecule has 19 heavy (non-hydrogen) atoms. The number of anilines is 1. The molecule has 1 saturated heterocycles. The molecule has 1 N–H and O–H groups in total. The minimum Gasteiger partial charge on any atom is -0.479 e. The number of likely N-dealkylation sites (tertiary alicyclic amines) is 1. The maximum atomic E-state index is 13.2. The Morgan fingerprint density at radius 2 is 2.37 bits per heavy atom. The number of ether oxygens (including phenoxy) is 1. The summed E-state index contributed by atoms with van der Waals surface area (Å²) < 4.78 is 18.0. The van der Waals surface area contributed by atoms with Crippen LogP contribution in [0.15, 0.2) is 6.20 Å². The minimum atomic E-state index is -0.541. The first-order valence-electron chi connectivity index (χ1n) is 6.79. The van der Waals surface area contributed by atoms with Crippen LogP contribution in [-0.4, -0.2) is 47.7 Å². The third kappa shape index (κ3) is 3.53. The number of hydrogen-bond acceptors (Lipinski definition) is 5. The van der Waals surface area contributed by atoms with Crippen LogP contribution >= 0.6 is 0 Å². The second kappa shape index (κ2) is 6.65. The maximum Gasteiger partial charge on any atom is 0.255 e.